The predicted molar refractivity (Wildman–Crippen MR) is 102 cm³/mol. The lowest BCUT2D eigenvalue weighted by Crippen LogP contribution is -2.36. The van der Waals surface area contributed by atoms with Crippen molar-refractivity contribution in [3.05, 3.63) is 64.0 Å². The van der Waals surface area contributed by atoms with E-state index < -0.39 is 33.2 Å². The van der Waals surface area contributed by atoms with Crippen LogP contribution in [0.1, 0.15) is 5.56 Å². The van der Waals surface area contributed by atoms with Crippen molar-refractivity contribution in [3.8, 4) is 5.75 Å². The summed E-state index contributed by atoms with van der Waals surface area (Å²) in [5.74, 6) is -1.25. The van der Waals surface area contributed by atoms with Crippen molar-refractivity contribution in [1.82, 2.24) is 9.73 Å². The second kappa shape index (κ2) is 9.21. The minimum Gasteiger partial charge on any atom is -0.490 e. The van der Waals surface area contributed by atoms with Crippen molar-refractivity contribution in [2.45, 2.75) is 4.90 Å². The number of rotatable bonds is 8. The van der Waals surface area contributed by atoms with Gasteiger partial charge in [-0.25, -0.2) is 18.2 Å². The first-order valence-electron chi connectivity index (χ1n) is 8.01. The monoisotopic (exact) mass is 424 g/mol. The van der Waals surface area contributed by atoms with Crippen molar-refractivity contribution in [1.29, 1.82) is 0 Å². The van der Waals surface area contributed by atoms with Crippen LogP contribution in [-0.4, -0.2) is 50.5 Å². The standard InChI is InChI=1S/C17H17FN4O6S/c1-21(29(26,27)14-6-4-13(18)5-7-14)11-17(23)20-19-10-12-3-8-16(28-2)15(9-12)22(24)25/h3-10H,11H2,1-2H3,(H,20,23)/b19-10-. The van der Waals surface area contributed by atoms with Gasteiger partial charge in [0, 0.05) is 18.7 Å². The van der Waals surface area contributed by atoms with Crippen LogP contribution in [0.25, 0.3) is 0 Å². The fraction of sp³-hybridized carbons (Fsp3) is 0.176. The average molecular weight is 424 g/mol. The zero-order valence-corrected chi connectivity index (χ0v) is 16.2. The molecule has 29 heavy (non-hydrogen) atoms. The third kappa shape index (κ3) is 5.56. The second-order valence-electron chi connectivity index (χ2n) is 5.70. The molecule has 0 atom stereocenters. The zero-order valence-electron chi connectivity index (χ0n) is 15.4. The van der Waals surface area contributed by atoms with E-state index in [0.29, 0.717) is 5.56 Å². The number of ether oxygens (including phenoxy) is 1. The minimum absolute atomic E-state index is 0.0730. The van der Waals surface area contributed by atoms with Gasteiger partial charge in [-0.1, -0.05) is 0 Å². The van der Waals surface area contributed by atoms with Crippen LogP contribution in [0, 0.1) is 15.9 Å². The zero-order chi connectivity index (χ0) is 21.6. The van der Waals surface area contributed by atoms with E-state index in [1.165, 1.54) is 38.6 Å². The van der Waals surface area contributed by atoms with Crippen LogP contribution in [0.4, 0.5) is 10.1 Å². The molecule has 0 spiro atoms. The van der Waals surface area contributed by atoms with Gasteiger partial charge in [0.2, 0.25) is 10.0 Å². The molecule has 0 saturated carbocycles. The number of benzene rings is 2. The van der Waals surface area contributed by atoms with Crippen LogP contribution in [0.2, 0.25) is 0 Å². The van der Waals surface area contributed by atoms with Gasteiger partial charge in [-0.05, 0) is 36.4 Å². The Bertz CT molecular complexity index is 1040. The number of hydrogen-bond donors (Lipinski definition) is 1. The molecule has 1 N–H and O–H groups in total. The summed E-state index contributed by atoms with van der Waals surface area (Å²) in [6.07, 6.45) is 1.17. The molecule has 0 radical (unpaired) electrons. The number of nitrogens with one attached hydrogen (secondary N) is 1. The maximum atomic E-state index is 12.9. The molecule has 1 amide bonds. The Morgan fingerprint density at radius 3 is 2.55 bits per heavy atom. The molecule has 0 heterocycles. The van der Waals surface area contributed by atoms with Crippen molar-refractivity contribution >= 4 is 27.8 Å². The molecule has 0 fully saturated rings. The molecule has 154 valence electrons. The molecule has 0 unspecified atom stereocenters. The lowest BCUT2D eigenvalue weighted by atomic mass is 10.2. The molecule has 2 aromatic carbocycles. The number of sulfonamides is 1. The Morgan fingerprint density at radius 2 is 1.97 bits per heavy atom. The van der Waals surface area contributed by atoms with Crippen molar-refractivity contribution in [2.24, 2.45) is 5.10 Å². The Morgan fingerprint density at radius 1 is 1.31 bits per heavy atom. The molecular formula is C17H17FN4O6S. The highest BCUT2D eigenvalue weighted by Crippen LogP contribution is 2.26. The summed E-state index contributed by atoms with van der Waals surface area (Å²) in [4.78, 5) is 22.1. The summed E-state index contributed by atoms with van der Waals surface area (Å²) >= 11 is 0. The maximum absolute atomic E-state index is 12.9. The number of halogens is 1. The summed E-state index contributed by atoms with van der Waals surface area (Å²) in [6.45, 7) is -0.542. The molecule has 0 aliphatic rings. The Kier molecular flexibility index (Phi) is 6.96. The molecular weight excluding hydrogens is 407 g/mol. The highest BCUT2D eigenvalue weighted by atomic mass is 32.2. The van der Waals surface area contributed by atoms with Crippen LogP contribution in [0.3, 0.4) is 0 Å². The average Bonchev–Trinajstić information content (AvgIpc) is 2.68. The van der Waals surface area contributed by atoms with Crippen molar-refractivity contribution in [3.63, 3.8) is 0 Å². The first-order chi connectivity index (χ1) is 13.6. The van der Waals surface area contributed by atoms with E-state index in [9.17, 15) is 27.7 Å². The van der Waals surface area contributed by atoms with E-state index in [2.05, 4.69) is 10.5 Å². The quantitative estimate of drug-likeness (QED) is 0.388. The molecule has 2 aromatic rings. The topological polar surface area (TPSA) is 131 Å². The van der Waals surface area contributed by atoms with Crippen LogP contribution in [0.5, 0.6) is 5.75 Å². The van der Waals surface area contributed by atoms with E-state index in [1.54, 1.807) is 0 Å². The van der Waals surface area contributed by atoms with E-state index in [4.69, 9.17) is 4.74 Å². The van der Waals surface area contributed by atoms with Gasteiger partial charge in [0.15, 0.2) is 5.75 Å². The number of amides is 1. The van der Waals surface area contributed by atoms with E-state index in [-0.39, 0.29) is 16.3 Å². The normalized spacial score (nSPS) is 11.6. The molecule has 0 saturated heterocycles. The van der Waals surface area contributed by atoms with Gasteiger partial charge in [0.05, 0.1) is 29.7 Å². The molecule has 10 nitrogen and oxygen atoms in total. The van der Waals surface area contributed by atoms with E-state index in [0.717, 1.165) is 28.6 Å². The van der Waals surface area contributed by atoms with Gasteiger partial charge in [0.25, 0.3) is 5.91 Å². The fourth-order valence-electron chi connectivity index (χ4n) is 2.22. The summed E-state index contributed by atoms with van der Waals surface area (Å²) < 4.78 is 43.3. The summed E-state index contributed by atoms with van der Waals surface area (Å²) in [7, 11) is -1.50. The second-order valence-corrected chi connectivity index (χ2v) is 7.74. The summed E-state index contributed by atoms with van der Waals surface area (Å²) in [6, 6.07) is 8.26. The number of likely N-dealkylation sites (N-methyl/N-ethyl adjacent to an activating group) is 1. The minimum atomic E-state index is -3.99. The first kappa shape index (κ1) is 21.9. The van der Waals surface area contributed by atoms with Crippen LogP contribution in [-0.2, 0) is 14.8 Å². The number of hydrogen-bond acceptors (Lipinski definition) is 7. The van der Waals surface area contributed by atoms with Crippen LogP contribution >= 0.6 is 0 Å². The molecule has 0 aliphatic heterocycles. The lowest BCUT2D eigenvalue weighted by Gasteiger charge is -2.16. The number of methoxy groups -OCH3 is 1. The highest BCUT2D eigenvalue weighted by Gasteiger charge is 2.22. The number of nitro groups is 1. The van der Waals surface area contributed by atoms with Crippen LogP contribution < -0.4 is 10.2 Å². The van der Waals surface area contributed by atoms with Crippen molar-refractivity contribution in [2.75, 3.05) is 20.7 Å². The number of carbonyl (C=O) groups is 1. The molecule has 0 bridgehead atoms. The van der Waals surface area contributed by atoms with Crippen molar-refractivity contribution < 1.29 is 27.3 Å². The molecule has 2 rings (SSSR count). The van der Waals surface area contributed by atoms with Gasteiger partial charge in [-0.2, -0.15) is 9.41 Å². The fourth-order valence-corrected chi connectivity index (χ4v) is 3.35. The molecule has 12 heteroatoms. The summed E-state index contributed by atoms with van der Waals surface area (Å²) in [5, 5.41) is 14.7. The first-order valence-corrected chi connectivity index (χ1v) is 9.45. The number of nitrogens with zero attached hydrogens (tertiary/aromatic N) is 3. The van der Waals surface area contributed by atoms with Gasteiger partial charge in [-0.15, -0.1) is 0 Å². The number of hydrazone groups is 1. The van der Waals surface area contributed by atoms with Gasteiger partial charge in [0.1, 0.15) is 5.82 Å². The van der Waals surface area contributed by atoms with Crippen LogP contribution in [0.15, 0.2) is 52.5 Å². The summed E-state index contributed by atoms with van der Waals surface area (Å²) in [5.41, 5.74) is 2.19. The Balaban J connectivity index is 2.01. The molecule has 0 aromatic heterocycles. The van der Waals surface area contributed by atoms with Gasteiger partial charge < -0.3 is 4.74 Å². The van der Waals surface area contributed by atoms with E-state index >= 15 is 0 Å². The van der Waals surface area contributed by atoms with Gasteiger partial charge >= 0.3 is 5.69 Å². The van der Waals surface area contributed by atoms with Gasteiger partial charge in [-0.3, -0.25) is 14.9 Å². The maximum Gasteiger partial charge on any atom is 0.311 e. The lowest BCUT2D eigenvalue weighted by molar-refractivity contribution is -0.385. The largest absolute Gasteiger partial charge is 0.490 e. The SMILES string of the molecule is COc1ccc(/C=N\NC(=O)CN(C)S(=O)(=O)c2ccc(F)cc2)cc1[N+](=O)[O-]. The highest BCUT2D eigenvalue weighted by molar-refractivity contribution is 7.89. The molecule has 0 aliphatic carbocycles. The Labute approximate surface area is 165 Å². The number of nitro benzene ring substituents is 1. The third-order valence-corrected chi connectivity index (χ3v) is 5.51. The predicted octanol–water partition coefficient (Wildman–Crippen LogP) is 1.51. The number of carbonyl (C=O) groups excluding carboxylic acids is 1. The third-order valence-electron chi connectivity index (χ3n) is 3.69. The van der Waals surface area contributed by atoms with E-state index in [1.807, 2.05) is 0 Å². The Hall–Kier alpha value is -3.38. The smallest absolute Gasteiger partial charge is 0.311 e.